The van der Waals surface area contributed by atoms with Crippen LogP contribution < -0.4 is 5.73 Å². The Balaban J connectivity index is 1.20. The Labute approximate surface area is 325 Å². The number of ether oxygens (including phenoxy) is 2. The number of nitrogens with zero attached hydrogens (tertiary/aromatic N) is 2. The number of carbonyl (C=O) groups excluding carboxylic acids is 2. The van der Waals surface area contributed by atoms with Crippen molar-refractivity contribution < 1.29 is 24.2 Å². The molecule has 12 bridgehead atoms. The maximum absolute atomic E-state index is 15.4. The van der Waals surface area contributed by atoms with E-state index in [-0.39, 0.29) is 35.6 Å². The molecule has 2 spiro atoms. The van der Waals surface area contributed by atoms with Crippen molar-refractivity contribution in [2.75, 3.05) is 26.2 Å². The molecule has 3 N–H and O–H groups in total. The van der Waals surface area contributed by atoms with Gasteiger partial charge in [0.1, 0.15) is 11.2 Å². The van der Waals surface area contributed by atoms with E-state index in [1.807, 2.05) is 6.07 Å². The summed E-state index contributed by atoms with van der Waals surface area (Å²) in [5, 5.41) is 12.8. The van der Waals surface area contributed by atoms with Crippen molar-refractivity contribution >= 4 is 11.9 Å². The fraction of sp³-hybridized carbons (Fsp3) is 0.617. The highest BCUT2D eigenvalue weighted by Crippen LogP contribution is 2.87. The topological polar surface area (TPSA) is 105 Å². The third-order valence-electron chi connectivity index (χ3n) is 16.6. The van der Waals surface area contributed by atoms with Gasteiger partial charge in [0.25, 0.3) is 0 Å². The zero-order valence-corrected chi connectivity index (χ0v) is 32.8. The Kier molecular flexibility index (Phi) is 7.52. The van der Waals surface area contributed by atoms with Crippen molar-refractivity contribution in [2.24, 2.45) is 52.1 Å². The minimum absolute atomic E-state index is 0.119. The van der Waals surface area contributed by atoms with Crippen molar-refractivity contribution in [1.82, 2.24) is 9.80 Å². The first-order valence-electron chi connectivity index (χ1n) is 21.8. The fourth-order valence-corrected chi connectivity index (χ4v) is 15.0. The number of piperidine rings is 2. The number of esters is 2. The number of hydrogen-bond acceptors (Lipinski definition) is 8. The molecule has 8 heteroatoms. The van der Waals surface area contributed by atoms with Crippen molar-refractivity contribution in [1.29, 1.82) is 0 Å². The molecule has 9 heterocycles. The lowest BCUT2D eigenvalue weighted by Crippen LogP contribution is -2.77. The molecule has 14 rings (SSSR count). The van der Waals surface area contributed by atoms with Gasteiger partial charge in [0.05, 0.1) is 17.0 Å². The molecule has 0 radical (unpaired) electrons. The molecule has 3 saturated heterocycles. The van der Waals surface area contributed by atoms with Gasteiger partial charge in [-0.25, -0.2) is 4.79 Å². The Morgan fingerprint density at radius 1 is 1.04 bits per heavy atom. The van der Waals surface area contributed by atoms with Gasteiger partial charge in [-0.05, 0) is 98.3 Å². The lowest BCUT2D eigenvalue weighted by atomic mass is 9.29. The lowest BCUT2D eigenvalue weighted by Gasteiger charge is -2.71. The number of hydrogen-bond donors (Lipinski definition) is 2. The number of allylic oxidation sites excluding steroid dienone is 5. The van der Waals surface area contributed by atoms with Crippen LogP contribution in [0.15, 0.2) is 76.4 Å². The highest BCUT2D eigenvalue weighted by molar-refractivity contribution is 6.00. The molecule has 1 aromatic rings. The van der Waals surface area contributed by atoms with Gasteiger partial charge in [-0.2, -0.15) is 0 Å². The predicted octanol–water partition coefficient (Wildman–Crippen LogP) is 7.62. The van der Waals surface area contributed by atoms with Crippen LogP contribution in [0.2, 0.25) is 0 Å². The van der Waals surface area contributed by atoms with Crippen LogP contribution in [0.5, 0.6) is 0 Å². The Bertz CT molecular complexity index is 2060. The second-order valence-electron chi connectivity index (χ2n) is 19.0. The molecule has 4 fully saturated rings. The quantitative estimate of drug-likeness (QED) is 0.275. The van der Waals surface area contributed by atoms with Gasteiger partial charge in [0.2, 0.25) is 0 Å². The van der Waals surface area contributed by atoms with Gasteiger partial charge in [0, 0.05) is 55.2 Å². The van der Waals surface area contributed by atoms with Gasteiger partial charge in [-0.3, -0.25) is 9.69 Å². The molecular weight excluding hydrogens is 687 g/mol. The maximum atomic E-state index is 15.4. The Morgan fingerprint density at radius 3 is 2.71 bits per heavy atom. The molecule has 1 unspecified atom stereocenters. The van der Waals surface area contributed by atoms with Crippen LogP contribution in [0.4, 0.5) is 0 Å². The lowest BCUT2D eigenvalue weighted by molar-refractivity contribution is -0.275. The fourth-order valence-electron chi connectivity index (χ4n) is 15.0. The summed E-state index contributed by atoms with van der Waals surface area (Å²) in [5.41, 5.74) is 10.7. The third-order valence-corrected chi connectivity index (χ3v) is 16.6. The Morgan fingerprint density at radius 2 is 1.89 bits per heavy atom. The van der Waals surface area contributed by atoms with Gasteiger partial charge in [-0.1, -0.05) is 81.7 Å². The van der Waals surface area contributed by atoms with Gasteiger partial charge in [0.15, 0.2) is 11.4 Å². The first-order chi connectivity index (χ1) is 26.7. The van der Waals surface area contributed by atoms with E-state index in [9.17, 15) is 9.90 Å². The van der Waals surface area contributed by atoms with Crippen LogP contribution in [-0.2, 0) is 26.3 Å². The summed E-state index contributed by atoms with van der Waals surface area (Å²) >= 11 is 0. The smallest absolute Gasteiger partial charge is 0.339 e. The number of benzene rings is 1. The average molecular weight is 744 g/mol. The number of aliphatic hydroxyl groups excluding tert-OH is 1. The van der Waals surface area contributed by atoms with Gasteiger partial charge in [-0.15, -0.1) is 0 Å². The molecule has 12 atom stereocenters. The molecule has 0 amide bonds. The predicted molar refractivity (Wildman–Crippen MR) is 209 cm³/mol. The molecule has 290 valence electrons. The summed E-state index contributed by atoms with van der Waals surface area (Å²) in [4.78, 5) is 35.4. The van der Waals surface area contributed by atoms with E-state index in [2.05, 4.69) is 67.0 Å². The molecule has 55 heavy (non-hydrogen) atoms. The number of fused-ring (bicyclic) bond motifs is 2. The van der Waals surface area contributed by atoms with Crippen LogP contribution >= 0.6 is 0 Å². The Hall–Kier alpha value is -3.62. The molecule has 1 aromatic carbocycles. The normalized spacial score (nSPS) is 43.9. The summed E-state index contributed by atoms with van der Waals surface area (Å²) in [6.07, 6.45) is 18.8. The SMILES string of the molecule is CCC[C@H]1C/C(O)=C2/OC(=O)[C@@]34C5=C(CC[C@@]23[C@]2(OC(=O)c3c(CCCN)cccc32)[C@H]4CCC)[C@@H]2C3=C(C=C[C@H]4[C@H]6C[C@H](CN1C6)CN34)C[C@@H](C)[C@H]2C=C5. The summed E-state index contributed by atoms with van der Waals surface area (Å²) in [7, 11) is 0. The van der Waals surface area contributed by atoms with Crippen LogP contribution in [0.25, 0.3) is 0 Å². The maximum Gasteiger partial charge on any atom is 0.339 e. The summed E-state index contributed by atoms with van der Waals surface area (Å²) in [5.74, 6) is 1.76. The minimum Gasteiger partial charge on any atom is -0.509 e. The van der Waals surface area contributed by atoms with E-state index < -0.39 is 16.4 Å². The third kappa shape index (κ3) is 4.01. The molecule has 9 aliphatic heterocycles. The van der Waals surface area contributed by atoms with E-state index >= 15 is 4.79 Å². The average Bonchev–Trinajstić information content (AvgIpc) is 3.64. The van der Waals surface area contributed by atoms with Crippen LogP contribution in [0.3, 0.4) is 0 Å². The van der Waals surface area contributed by atoms with E-state index in [0.717, 1.165) is 74.9 Å². The molecule has 1 saturated carbocycles. The monoisotopic (exact) mass is 743 g/mol. The largest absolute Gasteiger partial charge is 0.509 e. The van der Waals surface area contributed by atoms with E-state index in [0.29, 0.717) is 73.3 Å². The van der Waals surface area contributed by atoms with Crippen LogP contribution in [0, 0.1) is 46.3 Å². The van der Waals surface area contributed by atoms with Crippen LogP contribution in [0.1, 0.15) is 106 Å². The van der Waals surface area contributed by atoms with Gasteiger partial charge >= 0.3 is 11.9 Å². The minimum atomic E-state index is -1.13. The summed E-state index contributed by atoms with van der Waals surface area (Å²) in [6.45, 7) is 10.4. The van der Waals surface area contributed by atoms with Crippen molar-refractivity contribution in [2.45, 2.75) is 109 Å². The number of nitrogens with two attached hydrogens (primary N) is 1. The van der Waals surface area contributed by atoms with E-state index in [1.54, 1.807) is 0 Å². The molecular formula is C47H57N3O5. The first-order valence-corrected chi connectivity index (χ1v) is 21.8. The number of carbonyl (C=O) groups is 2. The number of rotatable bonds is 7. The molecule has 4 aliphatic carbocycles. The number of aryl methyl sites for hydroxylation is 1. The molecule has 13 aliphatic rings. The standard InChI is InChI=1S/C47H57N3O5/c1-4-8-31-22-37(51)42-45-18-17-33-34(15-14-32-26(3)20-29-13-16-36-30-21-27(23-49(31)25-30)24-50(36)41(29)40(32)33)46(45,44(53)54-42)38(9-5-2)47(45)35-12-6-10-28(11-7-19-48)39(35)43(52)55-47/h6,10,12-16,26-27,30-32,36,38,40,51H,4-5,7-9,11,17-25,48H2,1-3H3/b42-37-/t26-,27-,30+,31+,32-,36+,38+,40-,45-,46+,47-/m1/s1. The van der Waals surface area contributed by atoms with Crippen molar-refractivity contribution in [3.63, 3.8) is 0 Å². The second-order valence-corrected chi connectivity index (χ2v) is 19.0. The zero-order chi connectivity index (χ0) is 37.6. The second kappa shape index (κ2) is 12.0. The van der Waals surface area contributed by atoms with Crippen molar-refractivity contribution in [3.05, 3.63) is 93.1 Å². The van der Waals surface area contributed by atoms with E-state index in [4.69, 9.17) is 15.2 Å². The number of aliphatic hydroxyl groups is 1. The summed E-state index contributed by atoms with van der Waals surface area (Å²) in [6, 6.07) is 6.65. The van der Waals surface area contributed by atoms with E-state index in [1.165, 1.54) is 23.3 Å². The zero-order valence-electron chi connectivity index (χ0n) is 32.8. The van der Waals surface area contributed by atoms with Gasteiger partial charge < -0.3 is 25.2 Å². The summed E-state index contributed by atoms with van der Waals surface area (Å²) < 4.78 is 13.7. The highest BCUT2D eigenvalue weighted by Gasteiger charge is 2.93. The molecule has 0 aromatic heterocycles. The highest BCUT2D eigenvalue weighted by atomic mass is 16.6. The van der Waals surface area contributed by atoms with Crippen LogP contribution in [-0.4, -0.2) is 65.1 Å². The first kappa shape index (κ1) is 34.6. The van der Waals surface area contributed by atoms with Crippen molar-refractivity contribution in [3.8, 4) is 0 Å². The molecule has 8 nitrogen and oxygen atoms in total.